The van der Waals surface area contributed by atoms with E-state index in [0.29, 0.717) is 18.7 Å². The Morgan fingerprint density at radius 1 is 1.11 bits per heavy atom. The third kappa shape index (κ3) is 6.66. The van der Waals surface area contributed by atoms with Crippen LogP contribution in [0.1, 0.15) is 42.1 Å². The Balaban J connectivity index is 1.50. The van der Waals surface area contributed by atoms with Crippen LogP contribution in [0.3, 0.4) is 0 Å². The molecule has 3 heterocycles. The average Bonchev–Trinajstić information content (AvgIpc) is 3.42. The number of pyridine rings is 1. The van der Waals surface area contributed by atoms with Crippen molar-refractivity contribution in [3.8, 4) is 17.1 Å². The van der Waals surface area contributed by atoms with E-state index in [0.717, 1.165) is 50.5 Å². The number of ether oxygens (including phenoxy) is 1. The van der Waals surface area contributed by atoms with Crippen LogP contribution in [0, 0.1) is 0 Å². The molecule has 1 aliphatic rings. The SMILES string of the molecule is CCCCC(NC(=O)c1cccnc1-n1ccc(-c2ccc(CN3CCOCC3)cc2)n1)C(=O)C(N)=O. The van der Waals surface area contributed by atoms with Gasteiger partial charge in [0.15, 0.2) is 5.82 Å². The van der Waals surface area contributed by atoms with Crippen molar-refractivity contribution in [3.05, 3.63) is 66.0 Å². The number of unbranched alkanes of at least 4 members (excludes halogenated alkanes) is 1. The van der Waals surface area contributed by atoms with Crippen molar-refractivity contribution in [2.75, 3.05) is 26.3 Å². The topological polar surface area (TPSA) is 132 Å². The zero-order chi connectivity index (χ0) is 26.2. The van der Waals surface area contributed by atoms with Gasteiger partial charge in [-0.2, -0.15) is 5.10 Å². The molecule has 0 saturated carbocycles. The van der Waals surface area contributed by atoms with Crippen LogP contribution < -0.4 is 11.1 Å². The molecule has 1 fully saturated rings. The maximum absolute atomic E-state index is 13.1. The predicted octanol–water partition coefficient (Wildman–Crippen LogP) is 2.11. The van der Waals surface area contributed by atoms with Crippen LogP contribution >= 0.6 is 0 Å². The zero-order valence-corrected chi connectivity index (χ0v) is 20.9. The van der Waals surface area contributed by atoms with Gasteiger partial charge in [-0.05, 0) is 30.2 Å². The minimum absolute atomic E-state index is 0.233. The largest absolute Gasteiger partial charge is 0.379 e. The number of primary amides is 1. The molecule has 1 atom stereocenters. The third-order valence-electron chi connectivity index (χ3n) is 6.31. The van der Waals surface area contributed by atoms with Gasteiger partial charge in [0.1, 0.15) is 0 Å². The molecule has 194 valence electrons. The van der Waals surface area contributed by atoms with Crippen LogP contribution in [-0.2, 0) is 20.9 Å². The first-order chi connectivity index (χ1) is 18.0. The molecule has 0 spiro atoms. The van der Waals surface area contributed by atoms with Gasteiger partial charge in [-0.15, -0.1) is 0 Å². The monoisotopic (exact) mass is 504 g/mol. The summed E-state index contributed by atoms with van der Waals surface area (Å²) in [7, 11) is 0. The highest BCUT2D eigenvalue weighted by Crippen LogP contribution is 2.21. The van der Waals surface area contributed by atoms with Crippen LogP contribution in [0.2, 0.25) is 0 Å². The van der Waals surface area contributed by atoms with Gasteiger partial charge in [0.25, 0.3) is 11.8 Å². The molecule has 1 aliphatic heterocycles. The predicted molar refractivity (Wildman–Crippen MR) is 138 cm³/mol. The lowest BCUT2D eigenvalue weighted by atomic mass is 10.0. The van der Waals surface area contributed by atoms with Crippen LogP contribution in [0.25, 0.3) is 17.1 Å². The standard InChI is InChI=1S/C27H32N6O4/c1-2-3-6-23(24(34)25(28)35)30-27(36)21-5-4-12-29-26(21)33-13-11-22(31-33)20-9-7-19(8-10-20)18-32-14-16-37-17-15-32/h4-5,7-13,23H,2-3,6,14-18H2,1H3,(H2,28,35)(H,30,36). The Hall–Kier alpha value is -3.89. The number of carbonyl (C=O) groups excluding carboxylic acids is 3. The van der Waals surface area contributed by atoms with E-state index in [9.17, 15) is 14.4 Å². The van der Waals surface area contributed by atoms with Gasteiger partial charge in [-0.1, -0.05) is 44.0 Å². The van der Waals surface area contributed by atoms with Gasteiger partial charge in [-0.25, -0.2) is 9.67 Å². The first kappa shape index (κ1) is 26.2. The van der Waals surface area contributed by atoms with Crippen LogP contribution in [0.15, 0.2) is 54.9 Å². The summed E-state index contributed by atoms with van der Waals surface area (Å²) in [6.45, 7) is 6.24. The van der Waals surface area contributed by atoms with Crippen LogP contribution in [0.5, 0.6) is 0 Å². The van der Waals surface area contributed by atoms with Crippen LogP contribution in [0.4, 0.5) is 0 Å². The lowest BCUT2D eigenvalue weighted by Gasteiger charge is -2.26. The number of nitrogens with zero attached hydrogens (tertiary/aromatic N) is 4. The molecule has 2 aromatic heterocycles. The second kappa shape index (κ2) is 12.4. The van der Waals surface area contributed by atoms with Gasteiger partial charge in [0.2, 0.25) is 5.78 Å². The lowest BCUT2D eigenvalue weighted by molar-refractivity contribution is -0.137. The third-order valence-corrected chi connectivity index (χ3v) is 6.31. The molecular weight excluding hydrogens is 472 g/mol. The molecule has 37 heavy (non-hydrogen) atoms. The number of aromatic nitrogens is 3. The fourth-order valence-electron chi connectivity index (χ4n) is 4.24. The summed E-state index contributed by atoms with van der Waals surface area (Å²) in [6, 6.07) is 12.4. The Kier molecular flexibility index (Phi) is 8.76. The van der Waals surface area contributed by atoms with E-state index >= 15 is 0 Å². The Labute approximate surface area is 215 Å². The number of benzene rings is 1. The molecule has 1 saturated heterocycles. The summed E-state index contributed by atoms with van der Waals surface area (Å²) >= 11 is 0. The molecule has 1 aromatic carbocycles. The molecule has 4 rings (SSSR count). The van der Waals surface area contributed by atoms with Gasteiger partial charge < -0.3 is 15.8 Å². The van der Waals surface area contributed by atoms with Crippen molar-refractivity contribution in [3.63, 3.8) is 0 Å². The van der Waals surface area contributed by atoms with Crippen molar-refractivity contribution < 1.29 is 19.1 Å². The number of hydrogen-bond donors (Lipinski definition) is 2. The van der Waals surface area contributed by atoms with E-state index in [1.807, 2.05) is 25.1 Å². The molecule has 3 N–H and O–H groups in total. The summed E-state index contributed by atoms with van der Waals surface area (Å²) < 4.78 is 6.95. The Bertz CT molecular complexity index is 1230. The van der Waals surface area contributed by atoms with E-state index in [4.69, 9.17) is 10.5 Å². The lowest BCUT2D eigenvalue weighted by Crippen LogP contribution is -2.46. The number of nitrogens with two attached hydrogens (primary N) is 1. The highest BCUT2D eigenvalue weighted by atomic mass is 16.5. The maximum atomic E-state index is 13.1. The number of amides is 2. The minimum Gasteiger partial charge on any atom is -0.379 e. The first-order valence-electron chi connectivity index (χ1n) is 12.5. The van der Waals surface area contributed by atoms with E-state index in [-0.39, 0.29) is 5.56 Å². The fraction of sp³-hybridized carbons (Fsp3) is 0.370. The van der Waals surface area contributed by atoms with Gasteiger partial charge in [0, 0.05) is 37.6 Å². The molecule has 1 unspecified atom stereocenters. The summed E-state index contributed by atoms with van der Waals surface area (Å²) in [6.07, 6.45) is 5.10. The molecule has 2 amide bonds. The summed E-state index contributed by atoms with van der Waals surface area (Å²) in [5, 5.41) is 7.29. The van der Waals surface area contributed by atoms with E-state index < -0.39 is 23.6 Å². The van der Waals surface area contributed by atoms with E-state index in [2.05, 4.69) is 32.4 Å². The highest BCUT2D eigenvalue weighted by Gasteiger charge is 2.26. The second-order valence-electron chi connectivity index (χ2n) is 9.00. The smallest absolute Gasteiger partial charge is 0.287 e. The zero-order valence-electron chi connectivity index (χ0n) is 20.9. The number of Topliss-reactive ketones (excluding diaryl/α,β-unsaturated/α-hetero) is 1. The molecule has 0 aliphatic carbocycles. The summed E-state index contributed by atoms with van der Waals surface area (Å²) in [5.74, 6) is -2.09. The summed E-state index contributed by atoms with van der Waals surface area (Å²) in [5.41, 5.74) is 8.32. The second-order valence-corrected chi connectivity index (χ2v) is 9.00. The first-order valence-corrected chi connectivity index (χ1v) is 12.5. The molecule has 10 nitrogen and oxygen atoms in total. The fourth-order valence-corrected chi connectivity index (χ4v) is 4.24. The molecule has 10 heteroatoms. The van der Waals surface area contributed by atoms with E-state index in [1.54, 1.807) is 24.5 Å². The molecule has 0 radical (unpaired) electrons. The van der Waals surface area contributed by atoms with Gasteiger partial charge in [0.05, 0.1) is 30.5 Å². The minimum atomic E-state index is -1.07. The quantitative estimate of drug-likeness (QED) is 0.382. The average molecular weight is 505 g/mol. The number of hydrogen-bond acceptors (Lipinski definition) is 7. The Morgan fingerprint density at radius 2 is 1.86 bits per heavy atom. The molecule has 0 bridgehead atoms. The summed E-state index contributed by atoms with van der Waals surface area (Å²) in [4.78, 5) is 43.5. The number of nitrogens with one attached hydrogen (secondary N) is 1. The molecule has 3 aromatic rings. The number of rotatable bonds is 11. The number of ketones is 1. The maximum Gasteiger partial charge on any atom is 0.287 e. The van der Waals surface area contributed by atoms with E-state index in [1.165, 1.54) is 10.2 Å². The molecular formula is C27H32N6O4. The van der Waals surface area contributed by atoms with Crippen molar-refractivity contribution in [2.45, 2.75) is 38.8 Å². The normalized spacial score (nSPS) is 14.7. The van der Waals surface area contributed by atoms with Gasteiger partial charge in [-0.3, -0.25) is 19.3 Å². The highest BCUT2D eigenvalue weighted by molar-refractivity contribution is 6.38. The van der Waals surface area contributed by atoms with Crippen LogP contribution in [-0.4, -0.2) is 69.6 Å². The number of carbonyl (C=O) groups is 3. The van der Waals surface area contributed by atoms with Crippen molar-refractivity contribution >= 4 is 17.6 Å². The Morgan fingerprint density at radius 3 is 2.57 bits per heavy atom. The van der Waals surface area contributed by atoms with Crippen molar-refractivity contribution in [2.24, 2.45) is 5.73 Å². The van der Waals surface area contributed by atoms with Gasteiger partial charge >= 0.3 is 0 Å². The van der Waals surface area contributed by atoms with Crippen molar-refractivity contribution in [1.82, 2.24) is 25.0 Å². The number of morpholine rings is 1. The van der Waals surface area contributed by atoms with Crippen molar-refractivity contribution in [1.29, 1.82) is 0 Å².